The predicted octanol–water partition coefficient (Wildman–Crippen LogP) is 2.14. The van der Waals surface area contributed by atoms with Gasteiger partial charge in [-0.05, 0) is 47.0 Å². The number of rotatable bonds is 2. The van der Waals surface area contributed by atoms with Gasteiger partial charge in [-0.1, -0.05) is 0 Å². The maximum atomic E-state index is 12.1. The third kappa shape index (κ3) is 2.93. The number of nitrogens with two attached hydrogens (primary N) is 1. The second-order valence-electron chi connectivity index (χ2n) is 6.99. The van der Waals surface area contributed by atoms with Gasteiger partial charge in [0.25, 0.3) is 0 Å². The SMILES string of the molecule is CCO[C@@H]1C[C@H](N)C12CCN(C(=O)OC(C)(C)C)CC2. The van der Waals surface area contributed by atoms with Gasteiger partial charge in [0.15, 0.2) is 0 Å². The van der Waals surface area contributed by atoms with Crippen LogP contribution in [0.4, 0.5) is 4.79 Å². The average Bonchev–Trinajstić information content (AvgIpc) is 2.37. The van der Waals surface area contributed by atoms with Crippen LogP contribution < -0.4 is 5.73 Å². The molecule has 0 bridgehead atoms. The molecule has 1 amide bonds. The van der Waals surface area contributed by atoms with E-state index in [1.165, 1.54) is 0 Å². The number of carbonyl (C=O) groups is 1. The van der Waals surface area contributed by atoms with Crippen molar-refractivity contribution in [1.82, 2.24) is 4.90 Å². The molecule has 1 spiro atoms. The molecule has 2 atom stereocenters. The Morgan fingerprint density at radius 3 is 2.40 bits per heavy atom. The summed E-state index contributed by atoms with van der Waals surface area (Å²) in [5, 5.41) is 0. The predicted molar refractivity (Wildman–Crippen MR) is 77.5 cm³/mol. The summed E-state index contributed by atoms with van der Waals surface area (Å²) in [6, 6.07) is 0.208. The van der Waals surface area contributed by atoms with E-state index in [2.05, 4.69) is 0 Å². The van der Waals surface area contributed by atoms with Crippen molar-refractivity contribution in [2.45, 2.75) is 64.7 Å². The summed E-state index contributed by atoms with van der Waals surface area (Å²) in [5.41, 5.74) is 5.86. The van der Waals surface area contributed by atoms with Gasteiger partial charge in [0.1, 0.15) is 5.60 Å². The fourth-order valence-corrected chi connectivity index (χ4v) is 3.34. The van der Waals surface area contributed by atoms with Crippen LogP contribution in [0.3, 0.4) is 0 Å². The van der Waals surface area contributed by atoms with Crippen molar-refractivity contribution < 1.29 is 14.3 Å². The first kappa shape index (κ1) is 15.6. The van der Waals surface area contributed by atoms with Gasteiger partial charge in [0, 0.05) is 31.2 Å². The van der Waals surface area contributed by atoms with E-state index in [1.807, 2.05) is 27.7 Å². The van der Waals surface area contributed by atoms with E-state index >= 15 is 0 Å². The minimum Gasteiger partial charge on any atom is -0.444 e. The van der Waals surface area contributed by atoms with Crippen LogP contribution in [0.1, 0.15) is 47.0 Å². The van der Waals surface area contributed by atoms with Gasteiger partial charge in [-0.25, -0.2) is 4.79 Å². The molecule has 0 aromatic carbocycles. The molecule has 0 unspecified atom stereocenters. The molecule has 1 heterocycles. The van der Waals surface area contributed by atoms with Gasteiger partial charge in [0.05, 0.1) is 6.10 Å². The van der Waals surface area contributed by atoms with Crippen molar-refractivity contribution in [3.63, 3.8) is 0 Å². The fraction of sp³-hybridized carbons (Fsp3) is 0.933. The maximum absolute atomic E-state index is 12.1. The summed E-state index contributed by atoms with van der Waals surface area (Å²) in [4.78, 5) is 13.9. The molecular formula is C15H28N2O3. The molecule has 0 aromatic heterocycles. The quantitative estimate of drug-likeness (QED) is 0.843. The Hall–Kier alpha value is -0.810. The van der Waals surface area contributed by atoms with Crippen molar-refractivity contribution >= 4 is 6.09 Å². The number of carbonyl (C=O) groups excluding carboxylic acids is 1. The molecule has 2 N–H and O–H groups in total. The van der Waals surface area contributed by atoms with Gasteiger partial charge >= 0.3 is 6.09 Å². The number of piperidine rings is 1. The summed E-state index contributed by atoms with van der Waals surface area (Å²) in [6.07, 6.45) is 2.83. The van der Waals surface area contributed by atoms with Gasteiger partial charge in [0.2, 0.25) is 0 Å². The Kier molecular flexibility index (Phi) is 4.30. The highest BCUT2D eigenvalue weighted by Gasteiger charge is 2.55. The minimum atomic E-state index is -0.438. The van der Waals surface area contributed by atoms with Crippen molar-refractivity contribution in [2.24, 2.45) is 11.1 Å². The minimum absolute atomic E-state index is 0.0779. The van der Waals surface area contributed by atoms with Gasteiger partial charge in [-0.2, -0.15) is 0 Å². The lowest BCUT2D eigenvalue weighted by molar-refractivity contribution is -0.147. The first-order chi connectivity index (χ1) is 9.28. The Morgan fingerprint density at radius 2 is 1.95 bits per heavy atom. The van der Waals surface area contributed by atoms with Crippen LogP contribution in [-0.4, -0.2) is 48.4 Å². The Balaban J connectivity index is 1.90. The second kappa shape index (κ2) is 5.53. The average molecular weight is 284 g/mol. The Bertz CT molecular complexity index is 355. The van der Waals surface area contributed by atoms with Gasteiger partial charge < -0.3 is 20.1 Å². The van der Waals surface area contributed by atoms with Crippen LogP contribution in [0, 0.1) is 5.41 Å². The lowest BCUT2D eigenvalue weighted by Crippen LogP contribution is -2.66. The summed E-state index contributed by atoms with van der Waals surface area (Å²) < 4.78 is 11.2. The largest absolute Gasteiger partial charge is 0.444 e. The highest BCUT2D eigenvalue weighted by atomic mass is 16.6. The summed E-state index contributed by atoms with van der Waals surface area (Å²) in [6.45, 7) is 9.86. The van der Waals surface area contributed by atoms with E-state index < -0.39 is 5.60 Å². The number of likely N-dealkylation sites (tertiary alicyclic amines) is 1. The number of amides is 1. The molecule has 5 heteroatoms. The molecule has 0 radical (unpaired) electrons. The van der Waals surface area contributed by atoms with E-state index in [0.29, 0.717) is 13.1 Å². The second-order valence-corrected chi connectivity index (χ2v) is 6.99. The zero-order chi connectivity index (χ0) is 15.0. The lowest BCUT2D eigenvalue weighted by atomic mass is 9.57. The first-order valence-corrected chi connectivity index (χ1v) is 7.63. The molecule has 1 saturated heterocycles. The summed E-state index contributed by atoms with van der Waals surface area (Å²) in [7, 11) is 0. The van der Waals surface area contributed by atoms with Crippen LogP contribution in [0.25, 0.3) is 0 Å². The monoisotopic (exact) mass is 284 g/mol. The number of hydrogen-bond donors (Lipinski definition) is 1. The third-order valence-corrected chi connectivity index (χ3v) is 4.56. The highest BCUT2D eigenvalue weighted by Crippen LogP contribution is 2.50. The van der Waals surface area contributed by atoms with Crippen molar-refractivity contribution in [3.05, 3.63) is 0 Å². The number of hydrogen-bond acceptors (Lipinski definition) is 4. The molecule has 116 valence electrons. The summed E-state index contributed by atoms with van der Waals surface area (Å²) in [5.74, 6) is 0. The Morgan fingerprint density at radius 1 is 1.35 bits per heavy atom. The molecular weight excluding hydrogens is 256 g/mol. The summed E-state index contributed by atoms with van der Waals surface area (Å²) >= 11 is 0. The van der Waals surface area contributed by atoms with E-state index in [9.17, 15) is 4.79 Å². The van der Waals surface area contributed by atoms with Crippen LogP contribution >= 0.6 is 0 Å². The number of ether oxygens (including phenoxy) is 2. The maximum Gasteiger partial charge on any atom is 0.410 e. The molecule has 1 saturated carbocycles. The van der Waals surface area contributed by atoms with E-state index in [1.54, 1.807) is 4.90 Å². The Labute approximate surface area is 121 Å². The van der Waals surface area contributed by atoms with Gasteiger partial charge in [-0.15, -0.1) is 0 Å². The fourth-order valence-electron chi connectivity index (χ4n) is 3.34. The molecule has 20 heavy (non-hydrogen) atoms. The molecule has 0 aromatic rings. The molecule has 2 fully saturated rings. The smallest absolute Gasteiger partial charge is 0.410 e. The highest BCUT2D eigenvalue weighted by molar-refractivity contribution is 5.68. The molecule has 2 aliphatic rings. The van der Waals surface area contributed by atoms with E-state index in [4.69, 9.17) is 15.2 Å². The zero-order valence-corrected chi connectivity index (χ0v) is 13.1. The van der Waals surface area contributed by atoms with Crippen LogP contribution in [0.2, 0.25) is 0 Å². The molecule has 2 rings (SSSR count). The van der Waals surface area contributed by atoms with Crippen LogP contribution in [0.15, 0.2) is 0 Å². The van der Waals surface area contributed by atoms with Crippen molar-refractivity contribution in [1.29, 1.82) is 0 Å². The standard InChI is InChI=1S/C15H28N2O3/c1-5-19-12-10-11(16)15(12)6-8-17(9-7-15)13(18)20-14(2,3)4/h11-12H,5-10,16H2,1-4H3/t11-,12+/m0/s1. The normalized spacial score (nSPS) is 29.1. The van der Waals surface area contributed by atoms with E-state index in [-0.39, 0.29) is 23.7 Å². The molecule has 5 nitrogen and oxygen atoms in total. The van der Waals surface area contributed by atoms with Crippen LogP contribution in [0.5, 0.6) is 0 Å². The first-order valence-electron chi connectivity index (χ1n) is 7.63. The topological polar surface area (TPSA) is 64.8 Å². The third-order valence-electron chi connectivity index (χ3n) is 4.56. The molecule has 1 aliphatic heterocycles. The zero-order valence-electron chi connectivity index (χ0n) is 13.1. The van der Waals surface area contributed by atoms with Crippen LogP contribution in [-0.2, 0) is 9.47 Å². The van der Waals surface area contributed by atoms with Gasteiger partial charge in [-0.3, -0.25) is 0 Å². The number of nitrogens with zero attached hydrogens (tertiary/aromatic N) is 1. The van der Waals surface area contributed by atoms with E-state index in [0.717, 1.165) is 25.9 Å². The van der Waals surface area contributed by atoms with Crippen molar-refractivity contribution in [3.8, 4) is 0 Å². The van der Waals surface area contributed by atoms with Crippen molar-refractivity contribution in [2.75, 3.05) is 19.7 Å². The lowest BCUT2D eigenvalue weighted by Gasteiger charge is -2.57. The molecule has 1 aliphatic carbocycles.